The van der Waals surface area contributed by atoms with Crippen LogP contribution in [0, 0.1) is 0 Å². The number of rotatable bonds is 7. The van der Waals surface area contributed by atoms with Crippen molar-refractivity contribution in [2.45, 2.75) is 36.9 Å². The summed E-state index contributed by atoms with van der Waals surface area (Å²) in [6, 6.07) is 15.4. The van der Waals surface area contributed by atoms with Crippen molar-refractivity contribution < 1.29 is 9.47 Å². The fourth-order valence-corrected chi connectivity index (χ4v) is 4.56. The van der Waals surface area contributed by atoms with E-state index in [1.165, 1.54) is 12.8 Å². The quantitative estimate of drug-likeness (QED) is 0.329. The van der Waals surface area contributed by atoms with Crippen molar-refractivity contribution >= 4 is 22.7 Å². The van der Waals surface area contributed by atoms with Gasteiger partial charge in [0, 0.05) is 11.8 Å². The van der Waals surface area contributed by atoms with Crippen molar-refractivity contribution in [1.82, 2.24) is 9.55 Å². The number of ether oxygens (including phenoxy) is 2. The second-order valence-corrected chi connectivity index (χ2v) is 7.96. The van der Waals surface area contributed by atoms with E-state index in [2.05, 4.69) is 0 Å². The monoisotopic (exact) mass is 396 g/mol. The van der Waals surface area contributed by atoms with Crippen molar-refractivity contribution in [3.63, 3.8) is 0 Å². The lowest BCUT2D eigenvalue weighted by Gasteiger charge is -2.18. The number of hydrogen-bond acceptors (Lipinski definition) is 5. The summed E-state index contributed by atoms with van der Waals surface area (Å²) in [6.45, 7) is 0.546. The average molecular weight is 397 g/mol. The highest BCUT2D eigenvalue weighted by Gasteiger charge is 2.22. The second-order valence-electron chi connectivity index (χ2n) is 6.90. The molecular formula is C22H24N2O3S. The fraction of sp³-hybridized carbons (Fsp3) is 0.364. The van der Waals surface area contributed by atoms with Crippen LogP contribution >= 0.6 is 11.8 Å². The molecule has 0 atom stereocenters. The van der Waals surface area contributed by atoms with Gasteiger partial charge in [-0.25, -0.2) is 4.98 Å². The summed E-state index contributed by atoms with van der Waals surface area (Å²) in [5, 5.41) is 1.50. The Hall–Kier alpha value is -2.47. The van der Waals surface area contributed by atoms with Crippen LogP contribution in [-0.2, 0) is 0 Å². The zero-order chi connectivity index (χ0) is 19.3. The Balaban J connectivity index is 1.50. The standard InChI is InChI=1S/C22H24N2O3S/c1-26-17-10-12-18(13-11-17)27-14-15-28-22-23-20-9-5-4-8-19(20)21(25)24(22)16-6-2-3-7-16/h4-5,8-13,16H,2-3,6-7,14-15H2,1H3. The number of hydrogen-bond donors (Lipinski definition) is 0. The normalized spacial score (nSPS) is 14.5. The molecule has 0 saturated heterocycles. The molecule has 5 nitrogen and oxygen atoms in total. The summed E-state index contributed by atoms with van der Waals surface area (Å²) < 4.78 is 12.9. The van der Waals surface area contributed by atoms with E-state index in [4.69, 9.17) is 14.5 Å². The van der Waals surface area contributed by atoms with Gasteiger partial charge in [-0.3, -0.25) is 9.36 Å². The van der Waals surface area contributed by atoms with Crippen LogP contribution < -0.4 is 15.0 Å². The first-order chi connectivity index (χ1) is 13.8. The molecule has 0 radical (unpaired) electrons. The van der Waals surface area contributed by atoms with Gasteiger partial charge in [-0.15, -0.1) is 0 Å². The molecule has 1 aromatic heterocycles. The van der Waals surface area contributed by atoms with Gasteiger partial charge in [-0.05, 0) is 49.2 Å². The van der Waals surface area contributed by atoms with E-state index < -0.39 is 0 Å². The minimum absolute atomic E-state index is 0.0797. The summed E-state index contributed by atoms with van der Waals surface area (Å²) in [5.41, 5.74) is 0.844. The van der Waals surface area contributed by atoms with Crippen LogP contribution in [0.1, 0.15) is 31.7 Å². The highest BCUT2D eigenvalue weighted by molar-refractivity contribution is 7.99. The van der Waals surface area contributed by atoms with E-state index in [1.54, 1.807) is 18.9 Å². The van der Waals surface area contributed by atoms with Gasteiger partial charge in [0.2, 0.25) is 0 Å². The summed E-state index contributed by atoms with van der Waals surface area (Å²) in [7, 11) is 1.65. The lowest BCUT2D eigenvalue weighted by molar-refractivity contribution is 0.342. The van der Waals surface area contributed by atoms with Gasteiger partial charge in [-0.2, -0.15) is 0 Å². The topological polar surface area (TPSA) is 53.4 Å². The highest BCUT2D eigenvalue weighted by Crippen LogP contribution is 2.32. The molecule has 0 unspecified atom stereocenters. The molecule has 0 bridgehead atoms. The second kappa shape index (κ2) is 8.69. The number of fused-ring (bicyclic) bond motifs is 1. The Labute approximate surface area is 168 Å². The lowest BCUT2D eigenvalue weighted by Crippen LogP contribution is -2.26. The molecule has 28 heavy (non-hydrogen) atoms. The summed E-state index contributed by atoms with van der Waals surface area (Å²) in [4.78, 5) is 17.9. The average Bonchev–Trinajstić information content (AvgIpc) is 3.26. The summed E-state index contributed by atoms with van der Waals surface area (Å²) in [6.07, 6.45) is 4.45. The smallest absolute Gasteiger partial charge is 0.262 e. The van der Waals surface area contributed by atoms with Gasteiger partial charge in [-0.1, -0.05) is 36.7 Å². The summed E-state index contributed by atoms with van der Waals surface area (Å²) in [5.74, 6) is 2.34. The van der Waals surface area contributed by atoms with E-state index in [1.807, 2.05) is 53.1 Å². The predicted octanol–water partition coefficient (Wildman–Crippen LogP) is 4.69. The van der Waals surface area contributed by atoms with Gasteiger partial charge in [0.05, 0.1) is 24.6 Å². The Morgan fingerprint density at radius 2 is 1.79 bits per heavy atom. The van der Waals surface area contributed by atoms with E-state index in [-0.39, 0.29) is 11.6 Å². The SMILES string of the molecule is COc1ccc(OCCSc2nc3ccccc3c(=O)n2C2CCCC2)cc1. The Kier molecular flexibility index (Phi) is 5.86. The molecule has 4 rings (SSSR count). The number of methoxy groups -OCH3 is 1. The number of para-hydroxylation sites is 1. The number of benzene rings is 2. The molecule has 1 saturated carbocycles. The number of nitrogens with zero attached hydrogens (tertiary/aromatic N) is 2. The molecule has 6 heteroatoms. The van der Waals surface area contributed by atoms with E-state index >= 15 is 0 Å². The fourth-order valence-electron chi connectivity index (χ4n) is 3.68. The maximum Gasteiger partial charge on any atom is 0.262 e. The Morgan fingerprint density at radius 1 is 1.07 bits per heavy atom. The number of thioether (sulfide) groups is 1. The molecular weight excluding hydrogens is 372 g/mol. The maximum absolute atomic E-state index is 13.1. The molecule has 2 aromatic carbocycles. The molecule has 0 amide bonds. The van der Waals surface area contributed by atoms with Crippen LogP contribution in [0.5, 0.6) is 11.5 Å². The molecule has 0 spiro atoms. The zero-order valence-electron chi connectivity index (χ0n) is 16.0. The summed E-state index contributed by atoms with van der Waals surface area (Å²) >= 11 is 1.59. The molecule has 1 aliphatic carbocycles. The van der Waals surface area contributed by atoms with Crippen molar-refractivity contribution in [1.29, 1.82) is 0 Å². The molecule has 1 aliphatic rings. The van der Waals surface area contributed by atoms with E-state index in [9.17, 15) is 4.79 Å². The van der Waals surface area contributed by atoms with Crippen LogP contribution in [0.3, 0.4) is 0 Å². The largest absolute Gasteiger partial charge is 0.497 e. The van der Waals surface area contributed by atoms with Crippen molar-refractivity contribution in [2.24, 2.45) is 0 Å². The van der Waals surface area contributed by atoms with E-state index in [0.717, 1.165) is 40.8 Å². The minimum Gasteiger partial charge on any atom is -0.497 e. The third-order valence-electron chi connectivity index (χ3n) is 5.11. The number of aromatic nitrogens is 2. The van der Waals surface area contributed by atoms with Crippen LogP contribution in [0.4, 0.5) is 0 Å². The van der Waals surface area contributed by atoms with Gasteiger partial charge >= 0.3 is 0 Å². The molecule has 0 aliphatic heterocycles. The van der Waals surface area contributed by atoms with Gasteiger partial charge in [0.25, 0.3) is 5.56 Å². The Morgan fingerprint density at radius 3 is 2.54 bits per heavy atom. The van der Waals surface area contributed by atoms with Crippen LogP contribution in [-0.4, -0.2) is 29.0 Å². The first-order valence-corrected chi connectivity index (χ1v) is 10.7. The lowest BCUT2D eigenvalue weighted by atomic mass is 10.2. The van der Waals surface area contributed by atoms with Gasteiger partial charge in [0.1, 0.15) is 11.5 Å². The molecule has 3 aromatic rings. The first kappa shape index (κ1) is 18.9. The molecule has 0 N–H and O–H groups in total. The van der Waals surface area contributed by atoms with Crippen LogP contribution in [0.2, 0.25) is 0 Å². The maximum atomic E-state index is 13.1. The van der Waals surface area contributed by atoms with Crippen molar-refractivity contribution in [2.75, 3.05) is 19.5 Å². The molecule has 1 fully saturated rings. The Bertz CT molecular complexity index is 995. The van der Waals surface area contributed by atoms with Crippen LogP contribution in [0.15, 0.2) is 58.5 Å². The van der Waals surface area contributed by atoms with Gasteiger partial charge in [0.15, 0.2) is 5.16 Å². The van der Waals surface area contributed by atoms with Crippen molar-refractivity contribution in [3.8, 4) is 11.5 Å². The predicted molar refractivity (Wildman–Crippen MR) is 113 cm³/mol. The van der Waals surface area contributed by atoms with Gasteiger partial charge < -0.3 is 9.47 Å². The molecule has 1 heterocycles. The third kappa shape index (κ3) is 4.02. The van der Waals surface area contributed by atoms with Crippen molar-refractivity contribution in [3.05, 3.63) is 58.9 Å². The highest BCUT2D eigenvalue weighted by atomic mass is 32.2. The first-order valence-electron chi connectivity index (χ1n) is 9.67. The zero-order valence-corrected chi connectivity index (χ0v) is 16.8. The third-order valence-corrected chi connectivity index (χ3v) is 6.02. The molecule has 146 valence electrons. The van der Waals surface area contributed by atoms with Crippen LogP contribution in [0.25, 0.3) is 10.9 Å². The minimum atomic E-state index is 0.0797. The van der Waals surface area contributed by atoms with E-state index in [0.29, 0.717) is 12.0 Å².